The van der Waals surface area contributed by atoms with Crippen LogP contribution < -0.4 is 0 Å². The van der Waals surface area contributed by atoms with Crippen LogP contribution >= 0.6 is 11.3 Å². The van der Waals surface area contributed by atoms with Gasteiger partial charge >= 0.3 is 0 Å². The number of amides is 1. The molecule has 1 amide bonds. The van der Waals surface area contributed by atoms with Gasteiger partial charge in [-0.25, -0.2) is 8.42 Å². The van der Waals surface area contributed by atoms with Crippen molar-refractivity contribution in [3.63, 3.8) is 0 Å². The summed E-state index contributed by atoms with van der Waals surface area (Å²) in [5.41, 5.74) is 0. The van der Waals surface area contributed by atoms with E-state index in [0.29, 0.717) is 23.3 Å². The topological polar surface area (TPSA) is 57.7 Å². The zero-order chi connectivity index (χ0) is 17.5. The van der Waals surface area contributed by atoms with Gasteiger partial charge in [0.1, 0.15) is 4.21 Å². The highest BCUT2D eigenvalue weighted by atomic mass is 32.2. The minimum Gasteiger partial charge on any atom is -0.337 e. The zero-order valence-electron chi connectivity index (χ0n) is 14.6. The van der Waals surface area contributed by atoms with Crippen molar-refractivity contribution in [3.05, 3.63) is 17.0 Å². The molecule has 0 aromatic carbocycles. The van der Waals surface area contributed by atoms with E-state index in [1.54, 1.807) is 6.07 Å². The first-order valence-corrected chi connectivity index (χ1v) is 10.9. The van der Waals surface area contributed by atoms with Gasteiger partial charge in [0.25, 0.3) is 10.0 Å². The molecule has 1 saturated carbocycles. The van der Waals surface area contributed by atoms with Crippen molar-refractivity contribution >= 4 is 27.3 Å². The van der Waals surface area contributed by atoms with Crippen molar-refractivity contribution in [2.45, 2.75) is 62.7 Å². The SMILES string of the molecule is Cc1ccc(S(=O)(=O)N2CCCC(C(=O)N(C(C)C)C3CC3)C2)s1. The maximum absolute atomic E-state index is 12.9. The maximum atomic E-state index is 12.9. The number of hydrogen-bond acceptors (Lipinski definition) is 4. The van der Waals surface area contributed by atoms with Crippen molar-refractivity contribution in [1.82, 2.24) is 9.21 Å². The summed E-state index contributed by atoms with van der Waals surface area (Å²) in [6, 6.07) is 4.05. The van der Waals surface area contributed by atoms with E-state index in [1.807, 2.05) is 31.7 Å². The molecule has 24 heavy (non-hydrogen) atoms. The highest BCUT2D eigenvalue weighted by Crippen LogP contribution is 2.33. The second-order valence-electron chi connectivity index (χ2n) is 7.14. The zero-order valence-corrected chi connectivity index (χ0v) is 16.2. The van der Waals surface area contributed by atoms with E-state index in [4.69, 9.17) is 0 Å². The maximum Gasteiger partial charge on any atom is 0.252 e. The molecule has 134 valence electrons. The van der Waals surface area contributed by atoms with Crippen LogP contribution in [0.15, 0.2) is 16.3 Å². The Bertz CT molecular complexity index is 705. The number of sulfonamides is 1. The number of piperidine rings is 1. The largest absolute Gasteiger partial charge is 0.337 e. The quantitative estimate of drug-likeness (QED) is 0.801. The van der Waals surface area contributed by atoms with Crippen molar-refractivity contribution < 1.29 is 13.2 Å². The average molecular weight is 371 g/mol. The Kier molecular flexibility index (Phi) is 5.04. The summed E-state index contributed by atoms with van der Waals surface area (Å²) in [5.74, 6) is -0.0765. The Morgan fingerprint density at radius 2 is 2.00 bits per heavy atom. The smallest absolute Gasteiger partial charge is 0.252 e. The Hall–Kier alpha value is -0.920. The van der Waals surface area contributed by atoms with Crippen molar-refractivity contribution in [1.29, 1.82) is 0 Å². The Balaban J connectivity index is 1.75. The normalized spacial score (nSPS) is 22.8. The third-order valence-corrected chi connectivity index (χ3v) is 8.13. The first-order chi connectivity index (χ1) is 11.3. The first kappa shape index (κ1) is 17.9. The minimum atomic E-state index is -3.48. The van der Waals surface area contributed by atoms with Crippen molar-refractivity contribution in [2.75, 3.05) is 13.1 Å². The van der Waals surface area contributed by atoms with E-state index in [0.717, 1.165) is 30.6 Å². The molecule has 7 heteroatoms. The van der Waals surface area contributed by atoms with E-state index < -0.39 is 10.0 Å². The highest BCUT2D eigenvalue weighted by molar-refractivity contribution is 7.91. The van der Waals surface area contributed by atoms with Crippen LogP contribution in [0.3, 0.4) is 0 Å². The Morgan fingerprint density at radius 3 is 2.54 bits per heavy atom. The number of nitrogens with zero attached hydrogens (tertiary/aromatic N) is 2. The fourth-order valence-corrected chi connectivity index (χ4v) is 6.42. The predicted molar refractivity (Wildman–Crippen MR) is 95.5 cm³/mol. The van der Waals surface area contributed by atoms with Crippen molar-refractivity contribution in [3.8, 4) is 0 Å². The van der Waals surface area contributed by atoms with Crippen LogP contribution in [-0.4, -0.2) is 48.7 Å². The molecule has 0 spiro atoms. The molecule has 1 aliphatic heterocycles. The molecule has 1 aromatic heterocycles. The van der Waals surface area contributed by atoms with Gasteiger partial charge in [0.05, 0.1) is 5.92 Å². The standard InChI is InChI=1S/C17H26N2O3S2/c1-12(2)19(15-7-8-15)17(20)14-5-4-10-18(11-14)24(21,22)16-9-6-13(3)23-16/h6,9,12,14-15H,4-5,7-8,10-11H2,1-3H3. The molecular weight excluding hydrogens is 344 g/mol. The molecule has 1 aliphatic carbocycles. The van der Waals surface area contributed by atoms with Crippen LogP contribution in [0.25, 0.3) is 0 Å². The number of aryl methyl sites for hydroxylation is 1. The lowest BCUT2D eigenvalue weighted by Crippen LogP contribution is -2.49. The summed E-state index contributed by atoms with van der Waals surface area (Å²) >= 11 is 1.30. The lowest BCUT2D eigenvalue weighted by molar-refractivity contribution is -0.139. The first-order valence-electron chi connectivity index (χ1n) is 8.69. The molecule has 1 atom stereocenters. The minimum absolute atomic E-state index is 0.134. The summed E-state index contributed by atoms with van der Waals surface area (Å²) in [4.78, 5) is 15.9. The summed E-state index contributed by atoms with van der Waals surface area (Å²) in [6.07, 6.45) is 3.68. The van der Waals surface area contributed by atoms with Gasteiger partial charge in [-0.15, -0.1) is 11.3 Å². The van der Waals surface area contributed by atoms with Gasteiger partial charge in [-0.2, -0.15) is 4.31 Å². The van der Waals surface area contributed by atoms with E-state index in [-0.39, 0.29) is 17.9 Å². The summed E-state index contributed by atoms with van der Waals surface area (Å²) in [7, 11) is -3.48. The van der Waals surface area contributed by atoms with E-state index in [9.17, 15) is 13.2 Å². The van der Waals surface area contributed by atoms with Gasteiger partial charge < -0.3 is 4.90 Å². The highest BCUT2D eigenvalue weighted by Gasteiger charge is 2.40. The Labute approximate surface area is 148 Å². The van der Waals surface area contributed by atoms with Gasteiger partial charge in [-0.3, -0.25) is 4.79 Å². The summed E-state index contributed by atoms with van der Waals surface area (Å²) in [5, 5.41) is 0. The van der Waals surface area contributed by atoms with Crippen LogP contribution in [0.4, 0.5) is 0 Å². The molecule has 1 unspecified atom stereocenters. The molecule has 0 bridgehead atoms. The second-order valence-corrected chi connectivity index (χ2v) is 10.6. The van der Waals surface area contributed by atoms with E-state index in [2.05, 4.69) is 0 Å². The van der Waals surface area contributed by atoms with Gasteiger partial charge in [-0.05, 0) is 58.6 Å². The number of carbonyl (C=O) groups excluding carboxylic acids is 1. The second kappa shape index (κ2) is 6.77. The average Bonchev–Trinajstić information content (AvgIpc) is 3.26. The lowest BCUT2D eigenvalue weighted by Gasteiger charge is -2.36. The van der Waals surface area contributed by atoms with Gasteiger partial charge in [0, 0.05) is 30.1 Å². The molecule has 2 fully saturated rings. The molecule has 2 aliphatic rings. The third kappa shape index (κ3) is 3.53. The molecule has 3 rings (SSSR count). The van der Waals surface area contributed by atoms with Gasteiger partial charge in [0.2, 0.25) is 5.91 Å². The fraction of sp³-hybridized carbons (Fsp3) is 0.706. The number of rotatable bonds is 5. The molecule has 1 aromatic rings. The van der Waals surface area contributed by atoms with Crippen LogP contribution in [0.2, 0.25) is 0 Å². The number of hydrogen-bond donors (Lipinski definition) is 0. The van der Waals surface area contributed by atoms with Gasteiger partial charge in [0.15, 0.2) is 0 Å². The molecule has 0 N–H and O–H groups in total. The molecular formula is C17H26N2O3S2. The number of thiophene rings is 1. The lowest BCUT2D eigenvalue weighted by atomic mass is 9.97. The predicted octanol–water partition coefficient (Wildman–Crippen LogP) is 2.86. The van der Waals surface area contributed by atoms with Gasteiger partial charge in [-0.1, -0.05) is 0 Å². The van der Waals surface area contributed by atoms with Crippen LogP contribution in [-0.2, 0) is 14.8 Å². The Morgan fingerprint density at radius 1 is 1.29 bits per heavy atom. The molecule has 5 nitrogen and oxygen atoms in total. The van der Waals surface area contributed by atoms with E-state index >= 15 is 0 Å². The molecule has 1 saturated heterocycles. The summed E-state index contributed by atoms with van der Waals surface area (Å²) in [6.45, 7) is 6.81. The molecule has 2 heterocycles. The number of carbonyl (C=O) groups is 1. The monoisotopic (exact) mass is 370 g/mol. The van der Waals surface area contributed by atoms with Crippen molar-refractivity contribution in [2.24, 2.45) is 5.92 Å². The summed E-state index contributed by atoms with van der Waals surface area (Å²) < 4.78 is 27.6. The van der Waals surface area contributed by atoms with Crippen LogP contribution in [0, 0.1) is 12.8 Å². The van der Waals surface area contributed by atoms with Crippen LogP contribution in [0.5, 0.6) is 0 Å². The van der Waals surface area contributed by atoms with E-state index in [1.165, 1.54) is 15.6 Å². The third-order valence-electron chi connectivity index (χ3n) is 4.79. The van der Waals surface area contributed by atoms with Crippen LogP contribution in [0.1, 0.15) is 44.4 Å². The fourth-order valence-electron chi connectivity index (χ4n) is 3.46. The molecule has 0 radical (unpaired) electrons.